The Morgan fingerprint density at radius 1 is 1.00 bits per heavy atom. The van der Waals surface area contributed by atoms with Crippen molar-refractivity contribution in [1.29, 1.82) is 0 Å². The molecule has 0 radical (unpaired) electrons. The number of rotatable bonds is 6. The van der Waals surface area contributed by atoms with Gasteiger partial charge in [0.05, 0.1) is 12.3 Å². The summed E-state index contributed by atoms with van der Waals surface area (Å²) in [7, 11) is 0. The number of hydrogen-bond acceptors (Lipinski definition) is 2. The highest BCUT2D eigenvalue weighted by Gasteiger charge is 2.18. The fourth-order valence-corrected chi connectivity index (χ4v) is 2.20. The molecule has 1 aromatic carbocycles. The Kier molecular flexibility index (Phi) is 4.59. The molecule has 1 aromatic heterocycles. The summed E-state index contributed by atoms with van der Waals surface area (Å²) < 4.78 is 5.58. The molecular weight excluding hydrogens is 222 g/mol. The maximum atomic E-state index is 5.58. The highest BCUT2D eigenvalue weighted by atomic mass is 16.3. The fraction of sp³-hybridized carbons (Fsp3) is 0.375. The van der Waals surface area contributed by atoms with Crippen molar-refractivity contribution < 1.29 is 4.42 Å². The number of nitrogens with one attached hydrogen (secondary N) is 1. The molecule has 96 valence electrons. The molecule has 1 atom stereocenters. The molecule has 0 amide bonds. The van der Waals surface area contributed by atoms with Crippen molar-refractivity contribution in [3.05, 3.63) is 60.1 Å². The summed E-state index contributed by atoms with van der Waals surface area (Å²) >= 11 is 0. The van der Waals surface area contributed by atoms with Crippen molar-refractivity contribution in [3.63, 3.8) is 0 Å². The van der Waals surface area contributed by atoms with Gasteiger partial charge in [0, 0.05) is 6.04 Å². The van der Waals surface area contributed by atoms with Crippen LogP contribution in [0.3, 0.4) is 0 Å². The van der Waals surface area contributed by atoms with E-state index in [9.17, 15) is 0 Å². The molecule has 0 bridgehead atoms. The van der Waals surface area contributed by atoms with E-state index in [4.69, 9.17) is 4.42 Å². The highest BCUT2D eigenvalue weighted by Crippen LogP contribution is 2.23. The Labute approximate surface area is 109 Å². The van der Waals surface area contributed by atoms with E-state index in [1.165, 1.54) is 5.56 Å². The largest absolute Gasteiger partial charge is 0.467 e. The molecule has 2 aromatic rings. The van der Waals surface area contributed by atoms with Crippen LogP contribution in [0.25, 0.3) is 0 Å². The van der Waals surface area contributed by atoms with E-state index in [1.807, 2.05) is 18.2 Å². The minimum Gasteiger partial charge on any atom is -0.467 e. The lowest BCUT2D eigenvalue weighted by Gasteiger charge is -2.23. The zero-order valence-corrected chi connectivity index (χ0v) is 11.1. The van der Waals surface area contributed by atoms with E-state index in [0.29, 0.717) is 6.04 Å². The first-order chi connectivity index (χ1) is 8.85. The Hall–Kier alpha value is -1.54. The summed E-state index contributed by atoms with van der Waals surface area (Å²) in [6.07, 6.45) is 3.99. The molecule has 0 aliphatic heterocycles. The normalized spacial score (nSPS) is 12.8. The lowest BCUT2D eigenvalue weighted by atomic mass is 10.0. The predicted octanol–water partition coefficient (Wildman–Crippen LogP) is 4.15. The number of furan rings is 1. The van der Waals surface area contributed by atoms with Crippen LogP contribution in [-0.2, 0) is 0 Å². The molecule has 1 N–H and O–H groups in total. The second kappa shape index (κ2) is 6.41. The first kappa shape index (κ1) is 12.9. The van der Waals surface area contributed by atoms with E-state index >= 15 is 0 Å². The second-order valence-corrected chi connectivity index (χ2v) is 4.54. The van der Waals surface area contributed by atoms with Gasteiger partial charge < -0.3 is 9.73 Å². The average molecular weight is 243 g/mol. The van der Waals surface area contributed by atoms with Gasteiger partial charge in [0.25, 0.3) is 0 Å². The molecule has 2 nitrogen and oxygen atoms in total. The Bertz CT molecular complexity index is 431. The van der Waals surface area contributed by atoms with Crippen LogP contribution in [0.1, 0.15) is 44.1 Å². The molecule has 0 spiro atoms. The van der Waals surface area contributed by atoms with Gasteiger partial charge in [-0.1, -0.05) is 44.2 Å². The van der Waals surface area contributed by atoms with Crippen LogP contribution in [0.15, 0.2) is 53.1 Å². The van der Waals surface area contributed by atoms with Gasteiger partial charge in [-0.3, -0.25) is 0 Å². The third kappa shape index (κ3) is 3.02. The second-order valence-electron chi connectivity index (χ2n) is 4.54. The molecule has 0 fully saturated rings. The summed E-state index contributed by atoms with van der Waals surface area (Å²) in [6.45, 7) is 4.43. The van der Waals surface area contributed by atoms with E-state index in [-0.39, 0.29) is 6.04 Å². The van der Waals surface area contributed by atoms with Gasteiger partial charge in [0.2, 0.25) is 0 Å². The van der Waals surface area contributed by atoms with Gasteiger partial charge in [-0.05, 0) is 30.5 Å². The molecule has 0 saturated heterocycles. The molecule has 18 heavy (non-hydrogen) atoms. The third-order valence-electron chi connectivity index (χ3n) is 3.35. The lowest BCUT2D eigenvalue weighted by molar-refractivity contribution is 0.391. The third-order valence-corrected chi connectivity index (χ3v) is 3.35. The van der Waals surface area contributed by atoms with Gasteiger partial charge >= 0.3 is 0 Å². The van der Waals surface area contributed by atoms with Gasteiger partial charge in [-0.15, -0.1) is 0 Å². The molecule has 1 unspecified atom stereocenters. The summed E-state index contributed by atoms with van der Waals surface area (Å²) in [6, 6.07) is 15.1. The number of benzene rings is 1. The van der Waals surface area contributed by atoms with Crippen molar-refractivity contribution in [2.75, 3.05) is 0 Å². The van der Waals surface area contributed by atoms with Crippen LogP contribution in [0.4, 0.5) is 0 Å². The van der Waals surface area contributed by atoms with Crippen LogP contribution in [0, 0.1) is 0 Å². The first-order valence-corrected chi connectivity index (χ1v) is 6.69. The molecule has 1 heterocycles. The minimum absolute atomic E-state index is 0.145. The van der Waals surface area contributed by atoms with Gasteiger partial charge in [0.1, 0.15) is 5.76 Å². The van der Waals surface area contributed by atoms with Crippen molar-refractivity contribution in [2.24, 2.45) is 0 Å². The van der Waals surface area contributed by atoms with E-state index in [2.05, 4.69) is 43.4 Å². The maximum Gasteiger partial charge on any atom is 0.125 e. The monoisotopic (exact) mass is 243 g/mol. The van der Waals surface area contributed by atoms with Gasteiger partial charge in [-0.2, -0.15) is 0 Å². The average Bonchev–Trinajstić information content (AvgIpc) is 2.95. The topological polar surface area (TPSA) is 25.2 Å². The van der Waals surface area contributed by atoms with Crippen LogP contribution in [0.5, 0.6) is 0 Å². The fourth-order valence-electron chi connectivity index (χ4n) is 2.20. The Balaban J connectivity index is 2.24. The molecule has 0 aliphatic carbocycles. The smallest absolute Gasteiger partial charge is 0.125 e. The zero-order valence-electron chi connectivity index (χ0n) is 11.1. The predicted molar refractivity (Wildman–Crippen MR) is 74.5 cm³/mol. The maximum absolute atomic E-state index is 5.58. The summed E-state index contributed by atoms with van der Waals surface area (Å²) in [4.78, 5) is 0. The van der Waals surface area contributed by atoms with Gasteiger partial charge in [0.15, 0.2) is 0 Å². The molecule has 2 heteroatoms. The van der Waals surface area contributed by atoms with E-state index < -0.39 is 0 Å². The molecule has 0 aliphatic rings. The zero-order chi connectivity index (χ0) is 12.8. The standard InChI is InChI=1S/C16H21NO/c1-3-14(4-2)17-16(15-11-8-12-18-15)13-9-6-5-7-10-13/h5-12,14,16-17H,3-4H2,1-2H3. The van der Waals surface area contributed by atoms with Crippen LogP contribution >= 0.6 is 0 Å². The van der Waals surface area contributed by atoms with Crippen molar-refractivity contribution >= 4 is 0 Å². The van der Waals surface area contributed by atoms with Crippen LogP contribution in [0.2, 0.25) is 0 Å². The molecule has 0 saturated carbocycles. The van der Waals surface area contributed by atoms with E-state index in [1.54, 1.807) is 6.26 Å². The van der Waals surface area contributed by atoms with Crippen molar-refractivity contribution in [2.45, 2.75) is 38.8 Å². The number of hydrogen-bond donors (Lipinski definition) is 1. The minimum atomic E-state index is 0.145. The lowest BCUT2D eigenvalue weighted by Crippen LogP contribution is -2.32. The van der Waals surface area contributed by atoms with Crippen molar-refractivity contribution in [3.8, 4) is 0 Å². The summed E-state index contributed by atoms with van der Waals surface area (Å²) in [5.74, 6) is 0.980. The van der Waals surface area contributed by atoms with Crippen LogP contribution < -0.4 is 5.32 Å². The van der Waals surface area contributed by atoms with E-state index in [0.717, 1.165) is 18.6 Å². The first-order valence-electron chi connectivity index (χ1n) is 6.69. The highest BCUT2D eigenvalue weighted by molar-refractivity contribution is 5.26. The van der Waals surface area contributed by atoms with Crippen LogP contribution in [-0.4, -0.2) is 6.04 Å². The Morgan fingerprint density at radius 2 is 1.72 bits per heavy atom. The molecular formula is C16H21NO. The molecule has 2 rings (SSSR count). The van der Waals surface area contributed by atoms with Gasteiger partial charge in [-0.25, -0.2) is 0 Å². The Morgan fingerprint density at radius 3 is 2.28 bits per heavy atom. The summed E-state index contributed by atoms with van der Waals surface area (Å²) in [5.41, 5.74) is 1.25. The van der Waals surface area contributed by atoms with Crippen molar-refractivity contribution in [1.82, 2.24) is 5.32 Å². The SMILES string of the molecule is CCC(CC)NC(c1ccccc1)c1ccco1. The quantitative estimate of drug-likeness (QED) is 0.824. The summed E-state index contributed by atoms with van der Waals surface area (Å²) in [5, 5.41) is 3.68.